The summed E-state index contributed by atoms with van der Waals surface area (Å²) in [4.78, 5) is 27.2. The smallest absolute Gasteiger partial charge is 0.499 e. The van der Waals surface area contributed by atoms with Crippen LogP contribution in [0.25, 0.3) is 11.1 Å². The maximum atomic E-state index is 13.4. The van der Waals surface area contributed by atoms with Crippen LogP contribution >= 0.6 is 0 Å². The first-order valence-corrected chi connectivity index (χ1v) is 16.5. The molecule has 0 unspecified atom stereocenters. The fraction of sp³-hybridized carbons (Fsp3) is 0.421. The average Bonchev–Trinajstić information content (AvgIpc) is 3.07. The minimum Gasteiger partial charge on any atom is -0.499 e. The molecular formula is C38H46F3NO6. The molecule has 0 aliphatic carbocycles. The minimum absolute atomic E-state index is 0.231. The summed E-state index contributed by atoms with van der Waals surface area (Å²) in [6.45, 7) is 7.14. The van der Waals surface area contributed by atoms with Crippen molar-refractivity contribution in [3.05, 3.63) is 90.7 Å². The second kappa shape index (κ2) is 20.0. The first-order valence-electron chi connectivity index (χ1n) is 16.5. The quantitative estimate of drug-likeness (QED) is 0.0517. The number of benzene rings is 3. The Bertz CT molecular complexity index is 1430. The van der Waals surface area contributed by atoms with Crippen molar-refractivity contribution in [1.82, 2.24) is 0 Å². The molecule has 0 fully saturated rings. The number of hydrogen-bond donors (Lipinski definition) is 0. The molecule has 0 aliphatic rings. The molecule has 0 saturated heterocycles. The number of esters is 1. The second-order valence-electron chi connectivity index (χ2n) is 11.3. The van der Waals surface area contributed by atoms with Gasteiger partial charge in [0.2, 0.25) is 0 Å². The van der Waals surface area contributed by atoms with E-state index in [1.54, 1.807) is 18.2 Å². The van der Waals surface area contributed by atoms with Crippen molar-refractivity contribution in [3.63, 3.8) is 0 Å². The number of alkyl halides is 3. The number of nitrogens with zero attached hydrogens (tertiary/aromatic N) is 1. The Hall–Kier alpha value is -4.47. The number of halogens is 3. The number of aryl methyl sites for hydroxylation is 1. The fourth-order valence-corrected chi connectivity index (χ4v) is 5.24. The summed E-state index contributed by atoms with van der Waals surface area (Å²) >= 11 is 0. The standard InChI is InChI=1S/C38H46F3NO6/c1-4-46-29(2)16-10-7-5-6-8-15-27-47-35-25-22-32(31-20-23-33(24-21-31)48-38(39,40)41)28-34(35)42(36(43)37(44)45-3)26-14-13-19-30-17-11-9-12-18-30/h9,11-12,17-18,20-25,28H,2,4-8,10,13-16,19,26-27H2,1,3H3. The maximum Gasteiger partial charge on any atom is 0.573 e. The molecule has 7 nitrogen and oxygen atoms in total. The number of amides is 1. The molecule has 0 aromatic heterocycles. The lowest BCUT2D eigenvalue weighted by Gasteiger charge is -2.25. The van der Waals surface area contributed by atoms with E-state index in [1.165, 1.54) is 34.7 Å². The lowest BCUT2D eigenvalue weighted by atomic mass is 10.0. The summed E-state index contributed by atoms with van der Waals surface area (Å²) in [5.41, 5.74) is 2.77. The van der Waals surface area contributed by atoms with E-state index in [2.05, 4.69) is 11.3 Å². The zero-order valence-corrected chi connectivity index (χ0v) is 27.9. The van der Waals surface area contributed by atoms with Crippen LogP contribution in [0.2, 0.25) is 0 Å². The summed E-state index contributed by atoms with van der Waals surface area (Å²) < 4.78 is 58.5. The highest BCUT2D eigenvalue weighted by Gasteiger charge is 2.31. The minimum atomic E-state index is -4.80. The third-order valence-electron chi connectivity index (χ3n) is 7.67. The number of unbranched alkanes of at least 4 members (excludes halogenated alkanes) is 6. The molecule has 3 aromatic carbocycles. The van der Waals surface area contributed by atoms with Crippen molar-refractivity contribution in [1.29, 1.82) is 0 Å². The van der Waals surface area contributed by atoms with Crippen LogP contribution in [0.3, 0.4) is 0 Å². The number of methoxy groups -OCH3 is 1. The normalized spacial score (nSPS) is 11.1. The zero-order chi connectivity index (χ0) is 34.8. The van der Waals surface area contributed by atoms with Gasteiger partial charge < -0.3 is 18.9 Å². The van der Waals surface area contributed by atoms with Gasteiger partial charge in [-0.05, 0) is 80.0 Å². The predicted molar refractivity (Wildman–Crippen MR) is 181 cm³/mol. The summed E-state index contributed by atoms with van der Waals surface area (Å²) in [6.07, 6.45) is 4.29. The van der Waals surface area contributed by atoms with E-state index in [0.29, 0.717) is 42.2 Å². The van der Waals surface area contributed by atoms with Gasteiger partial charge in [0, 0.05) is 13.0 Å². The lowest BCUT2D eigenvalue weighted by molar-refractivity contribution is -0.274. The van der Waals surface area contributed by atoms with Gasteiger partial charge in [-0.3, -0.25) is 9.69 Å². The SMILES string of the molecule is C=C(CCCCCCCCOc1ccc(-c2ccc(OC(F)(F)F)cc2)cc1N(CCCCc1ccccc1)C(=O)C(=O)OC)OCC. The van der Waals surface area contributed by atoms with E-state index < -0.39 is 18.2 Å². The van der Waals surface area contributed by atoms with Crippen molar-refractivity contribution < 1.29 is 41.7 Å². The summed E-state index contributed by atoms with van der Waals surface area (Å²) in [7, 11) is 1.15. The Labute approximate surface area is 281 Å². The molecule has 0 atom stereocenters. The maximum absolute atomic E-state index is 13.4. The van der Waals surface area contributed by atoms with Crippen LogP contribution in [0, 0.1) is 0 Å². The third kappa shape index (κ3) is 13.3. The van der Waals surface area contributed by atoms with Gasteiger partial charge in [0.1, 0.15) is 11.5 Å². The number of ether oxygens (including phenoxy) is 4. The summed E-state index contributed by atoms with van der Waals surface area (Å²) in [6, 6.07) is 20.6. The van der Waals surface area contributed by atoms with Gasteiger partial charge in [0.05, 0.1) is 31.8 Å². The Morgan fingerprint density at radius 3 is 2.15 bits per heavy atom. The van der Waals surface area contributed by atoms with E-state index in [-0.39, 0.29) is 12.3 Å². The molecule has 10 heteroatoms. The van der Waals surface area contributed by atoms with Crippen LogP contribution in [-0.2, 0) is 25.5 Å². The molecule has 0 aliphatic heterocycles. The van der Waals surface area contributed by atoms with Crippen molar-refractivity contribution >= 4 is 17.6 Å². The number of hydrogen-bond acceptors (Lipinski definition) is 6. The van der Waals surface area contributed by atoms with Crippen molar-refractivity contribution in [2.75, 3.05) is 31.8 Å². The first-order chi connectivity index (χ1) is 23.1. The van der Waals surface area contributed by atoms with Gasteiger partial charge in [0.25, 0.3) is 0 Å². The molecule has 3 rings (SSSR count). The number of carbonyl (C=O) groups excluding carboxylic acids is 2. The van der Waals surface area contributed by atoms with Crippen LogP contribution in [0.1, 0.15) is 70.3 Å². The van der Waals surface area contributed by atoms with E-state index in [1.807, 2.05) is 37.3 Å². The molecule has 0 heterocycles. The van der Waals surface area contributed by atoms with Gasteiger partial charge >= 0.3 is 18.2 Å². The molecule has 1 amide bonds. The zero-order valence-electron chi connectivity index (χ0n) is 27.9. The molecular weight excluding hydrogens is 623 g/mol. The first kappa shape index (κ1) is 38.0. The van der Waals surface area contributed by atoms with Gasteiger partial charge in [-0.2, -0.15) is 0 Å². The predicted octanol–water partition coefficient (Wildman–Crippen LogP) is 9.44. The van der Waals surface area contributed by atoms with Crippen LogP contribution in [0.5, 0.6) is 11.5 Å². The highest BCUT2D eigenvalue weighted by molar-refractivity contribution is 6.38. The number of rotatable bonds is 20. The van der Waals surface area contributed by atoms with Gasteiger partial charge in [-0.1, -0.05) is 80.8 Å². The number of anilines is 1. The van der Waals surface area contributed by atoms with Crippen LogP contribution in [0.4, 0.5) is 18.9 Å². The molecule has 48 heavy (non-hydrogen) atoms. The number of carbonyl (C=O) groups is 2. The molecule has 3 aromatic rings. The van der Waals surface area contributed by atoms with Crippen LogP contribution in [0.15, 0.2) is 85.1 Å². The average molecular weight is 670 g/mol. The fourth-order valence-electron chi connectivity index (χ4n) is 5.24. The highest BCUT2D eigenvalue weighted by Crippen LogP contribution is 2.35. The Kier molecular flexibility index (Phi) is 15.8. The van der Waals surface area contributed by atoms with Crippen molar-refractivity contribution in [3.8, 4) is 22.6 Å². The van der Waals surface area contributed by atoms with Crippen LogP contribution < -0.4 is 14.4 Å². The van der Waals surface area contributed by atoms with Gasteiger partial charge in [-0.15, -0.1) is 13.2 Å². The lowest BCUT2D eigenvalue weighted by Crippen LogP contribution is -2.38. The third-order valence-corrected chi connectivity index (χ3v) is 7.67. The monoisotopic (exact) mass is 669 g/mol. The van der Waals surface area contributed by atoms with Crippen molar-refractivity contribution in [2.24, 2.45) is 0 Å². The van der Waals surface area contributed by atoms with E-state index in [9.17, 15) is 22.8 Å². The largest absolute Gasteiger partial charge is 0.573 e. The Balaban J connectivity index is 1.75. The van der Waals surface area contributed by atoms with Gasteiger partial charge in [0.15, 0.2) is 0 Å². The summed E-state index contributed by atoms with van der Waals surface area (Å²) in [5.74, 6) is -0.932. The molecule has 0 radical (unpaired) electrons. The van der Waals surface area contributed by atoms with Gasteiger partial charge in [-0.25, -0.2) is 4.79 Å². The molecule has 260 valence electrons. The molecule has 0 N–H and O–H groups in total. The Morgan fingerprint density at radius 2 is 1.48 bits per heavy atom. The second-order valence-corrected chi connectivity index (χ2v) is 11.3. The topological polar surface area (TPSA) is 74.3 Å². The van der Waals surface area contributed by atoms with E-state index in [4.69, 9.17) is 14.2 Å². The van der Waals surface area contributed by atoms with Crippen LogP contribution in [-0.4, -0.2) is 45.1 Å². The number of allylic oxidation sites excluding steroid dienone is 1. The van der Waals surface area contributed by atoms with E-state index in [0.717, 1.165) is 70.7 Å². The van der Waals surface area contributed by atoms with Crippen molar-refractivity contribution in [2.45, 2.75) is 77.5 Å². The Morgan fingerprint density at radius 1 is 0.812 bits per heavy atom. The summed E-state index contributed by atoms with van der Waals surface area (Å²) in [5, 5.41) is 0. The molecule has 0 bridgehead atoms. The molecule has 0 spiro atoms. The van der Waals surface area contributed by atoms with E-state index >= 15 is 0 Å². The molecule has 0 saturated carbocycles. The highest BCUT2D eigenvalue weighted by atomic mass is 19.4.